The first kappa shape index (κ1) is 18.3. The van der Waals surface area contributed by atoms with Crippen LogP contribution in [0, 0.1) is 12.8 Å². The summed E-state index contributed by atoms with van der Waals surface area (Å²) in [6.45, 7) is 3.79. The van der Waals surface area contributed by atoms with Gasteiger partial charge in [0, 0.05) is 16.7 Å². The van der Waals surface area contributed by atoms with Gasteiger partial charge in [-0.3, -0.25) is 0 Å². The van der Waals surface area contributed by atoms with Crippen LogP contribution in [0.2, 0.25) is 0 Å². The van der Waals surface area contributed by atoms with Crippen LogP contribution < -0.4 is 15.2 Å². The van der Waals surface area contributed by atoms with Gasteiger partial charge in [-0.15, -0.1) is 0 Å². The fraction of sp³-hybridized carbons (Fsp3) is 0.500. The number of rotatable bonds is 4. The number of methoxy groups -OCH3 is 1. The van der Waals surface area contributed by atoms with Crippen molar-refractivity contribution in [3.8, 4) is 11.5 Å². The third-order valence-corrected chi connectivity index (χ3v) is 5.36. The van der Waals surface area contributed by atoms with E-state index in [9.17, 15) is 9.59 Å². The zero-order chi connectivity index (χ0) is 18.8. The van der Waals surface area contributed by atoms with Crippen LogP contribution in [-0.4, -0.2) is 19.0 Å². The van der Waals surface area contributed by atoms with Crippen molar-refractivity contribution in [2.75, 3.05) is 12.8 Å². The van der Waals surface area contributed by atoms with Crippen molar-refractivity contribution in [3.05, 3.63) is 28.3 Å². The second-order valence-corrected chi connectivity index (χ2v) is 6.80. The van der Waals surface area contributed by atoms with E-state index in [1.54, 1.807) is 6.92 Å². The molecule has 6 nitrogen and oxygen atoms in total. The molecule has 0 atom stereocenters. The lowest BCUT2D eigenvalue weighted by Crippen LogP contribution is -2.21. The molecule has 1 heterocycles. The molecular weight excluding hydrogens is 334 g/mol. The van der Waals surface area contributed by atoms with Crippen molar-refractivity contribution in [1.82, 2.24) is 0 Å². The maximum Gasteiger partial charge on any atom is 0.341 e. The number of fused-ring (bicyclic) bond motifs is 1. The molecule has 0 spiro atoms. The van der Waals surface area contributed by atoms with Crippen LogP contribution in [0.5, 0.6) is 11.5 Å². The van der Waals surface area contributed by atoms with Crippen molar-refractivity contribution < 1.29 is 23.8 Å². The minimum Gasteiger partial charge on any atom is -0.492 e. The zero-order valence-corrected chi connectivity index (χ0v) is 15.5. The Hall–Kier alpha value is -2.50. The normalized spacial score (nSPS) is 17.7. The molecule has 0 aromatic heterocycles. The fourth-order valence-corrected chi connectivity index (χ4v) is 3.95. The summed E-state index contributed by atoms with van der Waals surface area (Å²) in [5, 5.41) is 0. The largest absolute Gasteiger partial charge is 0.492 e. The van der Waals surface area contributed by atoms with E-state index >= 15 is 0 Å². The summed E-state index contributed by atoms with van der Waals surface area (Å²) in [4.78, 5) is 24.9. The van der Waals surface area contributed by atoms with Gasteiger partial charge in [0.25, 0.3) is 0 Å². The van der Waals surface area contributed by atoms with Crippen molar-refractivity contribution in [2.45, 2.75) is 52.6 Å². The number of hydrogen-bond donors (Lipinski definition) is 1. The number of hydrogen-bond acceptors (Lipinski definition) is 6. The van der Waals surface area contributed by atoms with Crippen LogP contribution in [0.25, 0.3) is 0 Å². The first-order chi connectivity index (χ1) is 12.5. The Balaban J connectivity index is 1.96. The average molecular weight is 359 g/mol. The summed E-state index contributed by atoms with van der Waals surface area (Å²) in [5.74, 6) is -0.266. The number of carbonyl (C=O) groups excluding carboxylic acids is 2. The summed E-state index contributed by atoms with van der Waals surface area (Å²) in [7, 11) is 1.49. The van der Waals surface area contributed by atoms with Gasteiger partial charge in [-0.1, -0.05) is 25.3 Å². The number of nitrogens with two attached hydrogens (primary N) is 1. The van der Waals surface area contributed by atoms with E-state index in [4.69, 9.17) is 19.9 Å². The van der Waals surface area contributed by atoms with Gasteiger partial charge in [-0.25, -0.2) is 9.59 Å². The summed E-state index contributed by atoms with van der Waals surface area (Å²) >= 11 is 0. The van der Waals surface area contributed by atoms with Crippen LogP contribution >= 0.6 is 0 Å². The Labute approximate surface area is 153 Å². The Morgan fingerprint density at radius 3 is 2.54 bits per heavy atom. The first-order valence-corrected chi connectivity index (χ1v) is 9.04. The standard InChI is InChI=1S/C20H25NO5/c1-4-13(12-8-6-5-7-9-12)19(22)26-18-16(21)15-14(10-25-20(15)23)11(2)17(18)24-3/h4,12H,5-10,21H2,1-3H3. The summed E-state index contributed by atoms with van der Waals surface area (Å²) in [6.07, 6.45) is 7.22. The predicted octanol–water partition coefficient (Wildman–Crippen LogP) is 3.69. The van der Waals surface area contributed by atoms with Crippen molar-refractivity contribution >= 4 is 17.6 Å². The molecule has 26 heavy (non-hydrogen) atoms. The highest BCUT2D eigenvalue weighted by Gasteiger charge is 2.33. The highest BCUT2D eigenvalue weighted by Crippen LogP contribution is 2.45. The molecule has 140 valence electrons. The number of carbonyl (C=O) groups is 2. The minimum absolute atomic E-state index is 0.0948. The summed E-state index contributed by atoms with van der Waals surface area (Å²) < 4.78 is 16.2. The van der Waals surface area contributed by atoms with Crippen molar-refractivity contribution in [2.24, 2.45) is 5.92 Å². The van der Waals surface area contributed by atoms with E-state index < -0.39 is 11.9 Å². The maximum atomic E-state index is 12.8. The highest BCUT2D eigenvalue weighted by atomic mass is 16.6. The van der Waals surface area contributed by atoms with Gasteiger partial charge in [0.05, 0.1) is 18.4 Å². The second-order valence-electron chi connectivity index (χ2n) is 6.80. The molecule has 1 aliphatic heterocycles. The van der Waals surface area contributed by atoms with Crippen LogP contribution in [-0.2, 0) is 16.1 Å². The highest BCUT2D eigenvalue weighted by molar-refractivity contribution is 6.03. The molecule has 1 fully saturated rings. The maximum absolute atomic E-state index is 12.8. The number of allylic oxidation sites excluding steroid dienone is 1. The molecular formula is C20H25NO5. The Kier molecular flexibility index (Phi) is 5.20. The molecule has 0 saturated heterocycles. The molecule has 0 amide bonds. The average Bonchev–Trinajstić information content (AvgIpc) is 3.03. The molecule has 1 aromatic rings. The second kappa shape index (κ2) is 7.40. The lowest BCUT2D eigenvalue weighted by atomic mass is 9.83. The molecule has 3 rings (SSSR count). The Morgan fingerprint density at radius 1 is 1.23 bits per heavy atom. The van der Waals surface area contributed by atoms with Crippen molar-refractivity contribution in [3.63, 3.8) is 0 Å². The van der Waals surface area contributed by atoms with Crippen LogP contribution in [0.4, 0.5) is 5.69 Å². The van der Waals surface area contributed by atoms with Crippen LogP contribution in [0.1, 0.15) is 60.5 Å². The van der Waals surface area contributed by atoms with Gasteiger partial charge in [-0.2, -0.15) is 0 Å². The quantitative estimate of drug-likeness (QED) is 0.382. The molecule has 1 aromatic carbocycles. The molecule has 2 aliphatic rings. The van der Waals surface area contributed by atoms with Gasteiger partial charge < -0.3 is 19.9 Å². The van der Waals surface area contributed by atoms with Gasteiger partial charge >= 0.3 is 11.9 Å². The Morgan fingerprint density at radius 2 is 1.92 bits per heavy atom. The van der Waals surface area contributed by atoms with E-state index in [1.807, 2.05) is 13.0 Å². The van der Waals surface area contributed by atoms with Crippen molar-refractivity contribution in [1.29, 1.82) is 0 Å². The number of nitrogen functional groups attached to an aromatic ring is 1. The number of benzene rings is 1. The van der Waals surface area contributed by atoms with Gasteiger partial charge in [0.1, 0.15) is 6.61 Å². The van der Waals surface area contributed by atoms with Gasteiger partial charge in [0.15, 0.2) is 11.5 Å². The van der Waals surface area contributed by atoms with E-state index in [2.05, 4.69) is 0 Å². The monoisotopic (exact) mass is 359 g/mol. The molecule has 0 unspecified atom stereocenters. The number of esters is 2. The SMILES string of the molecule is CC=C(C(=O)Oc1c(N)c2c(c(C)c1OC)COC2=O)C1CCCCC1. The predicted molar refractivity (Wildman–Crippen MR) is 97.2 cm³/mol. The number of anilines is 1. The van der Waals surface area contributed by atoms with E-state index in [0.29, 0.717) is 22.4 Å². The van der Waals surface area contributed by atoms with E-state index in [0.717, 1.165) is 25.7 Å². The fourth-order valence-electron chi connectivity index (χ4n) is 3.95. The number of cyclic esters (lactones) is 1. The number of ether oxygens (including phenoxy) is 3. The summed E-state index contributed by atoms with van der Waals surface area (Å²) in [5.41, 5.74) is 8.57. The smallest absolute Gasteiger partial charge is 0.341 e. The third-order valence-electron chi connectivity index (χ3n) is 5.36. The lowest BCUT2D eigenvalue weighted by molar-refractivity contribution is -0.131. The molecule has 0 radical (unpaired) electrons. The van der Waals surface area contributed by atoms with E-state index in [1.165, 1.54) is 13.5 Å². The van der Waals surface area contributed by atoms with Crippen LogP contribution in [0.3, 0.4) is 0 Å². The third kappa shape index (κ3) is 3.04. The first-order valence-electron chi connectivity index (χ1n) is 9.04. The van der Waals surface area contributed by atoms with Gasteiger partial charge in [-0.05, 0) is 32.6 Å². The lowest BCUT2D eigenvalue weighted by Gasteiger charge is -2.24. The van der Waals surface area contributed by atoms with Crippen LogP contribution in [0.15, 0.2) is 11.6 Å². The zero-order valence-electron chi connectivity index (χ0n) is 15.5. The van der Waals surface area contributed by atoms with E-state index in [-0.39, 0.29) is 29.5 Å². The minimum atomic E-state index is -0.501. The molecule has 1 aliphatic carbocycles. The topological polar surface area (TPSA) is 87.8 Å². The molecule has 2 N–H and O–H groups in total. The Bertz CT molecular complexity index is 775. The molecule has 6 heteroatoms. The molecule has 1 saturated carbocycles. The molecule has 0 bridgehead atoms. The van der Waals surface area contributed by atoms with Gasteiger partial charge in [0.2, 0.25) is 0 Å². The summed E-state index contributed by atoms with van der Waals surface area (Å²) in [6, 6.07) is 0.